The first-order valence-corrected chi connectivity index (χ1v) is 2.77. The lowest BCUT2D eigenvalue weighted by molar-refractivity contribution is 0.860. The standard InChI is InChI=1S/C4H12NP/c1-4(6)3-5-2/h5H,3H2,1-2,6H3. The Bertz CT molecular complexity index is 28.7. The summed E-state index contributed by atoms with van der Waals surface area (Å²) in [6.07, 6.45) is 0. The molecule has 1 nitrogen and oxygen atoms in total. The average molecular weight is 105 g/mol. The van der Waals surface area contributed by atoms with E-state index in [1.54, 1.807) is 0 Å². The smallest absolute Gasteiger partial charge is 0.0192 e. The van der Waals surface area contributed by atoms with Gasteiger partial charge in [0.2, 0.25) is 0 Å². The fourth-order valence-electron chi connectivity index (χ4n) is 0.302. The van der Waals surface area contributed by atoms with Crippen molar-refractivity contribution in [3.63, 3.8) is 0 Å². The van der Waals surface area contributed by atoms with E-state index in [0.29, 0.717) is 0 Å². The zero-order chi connectivity index (χ0) is 4.99. The lowest BCUT2D eigenvalue weighted by Gasteiger charge is -2.06. The van der Waals surface area contributed by atoms with E-state index in [0.717, 1.165) is 6.54 Å². The SMILES string of the molecule is CNC[C-](C)[PH3+]. The molecule has 0 aliphatic rings. The molecule has 0 fully saturated rings. The summed E-state index contributed by atoms with van der Waals surface area (Å²) in [5.41, 5.74) is 1.46. The van der Waals surface area contributed by atoms with Gasteiger partial charge in [-0.05, 0) is 7.05 Å². The van der Waals surface area contributed by atoms with Crippen LogP contribution >= 0.6 is 9.24 Å². The molecule has 2 heteroatoms. The normalized spacial score (nSPS) is 10.5. The summed E-state index contributed by atoms with van der Waals surface area (Å²) in [6, 6.07) is 0. The molecule has 1 unspecified atom stereocenters. The molecular weight excluding hydrogens is 93.0 g/mol. The maximum atomic E-state index is 3.04. The highest BCUT2D eigenvalue weighted by molar-refractivity contribution is 7.20. The molecule has 38 valence electrons. The fraction of sp³-hybridized carbons (Fsp3) is 0.750. The molecule has 0 aliphatic heterocycles. The minimum absolute atomic E-state index is 1.05. The first-order valence-electron chi connectivity index (χ1n) is 2.06. The van der Waals surface area contributed by atoms with Gasteiger partial charge in [0.1, 0.15) is 0 Å². The minimum Gasteiger partial charge on any atom is -0.346 e. The number of nitrogens with one attached hydrogen (secondary N) is 1. The Morgan fingerprint density at radius 2 is 2.33 bits per heavy atom. The summed E-state index contributed by atoms with van der Waals surface area (Å²) < 4.78 is 0. The topological polar surface area (TPSA) is 12.0 Å². The van der Waals surface area contributed by atoms with Crippen LogP contribution in [0.3, 0.4) is 0 Å². The Morgan fingerprint density at radius 1 is 1.83 bits per heavy atom. The van der Waals surface area contributed by atoms with Gasteiger partial charge in [-0.2, -0.15) is 16.2 Å². The van der Waals surface area contributed by atoms with Gasteiger partial charge < -0.3 is 5.32 Å². The molecule has 0 saturated heterocycles. The van der Waals surface area contributed by atoms with Gasteiger partial charge in [-0.3, -0.25) is 0 Å². The van der Waals surface area contributed by atoms with Gasteiger partial charge in [0.15, 0.2) is 0 Å². The van der Waals surface area contributed by atoms with Crippen LogP contribution < -0.4 is 5.32 Å². The van der Waals surface area contributed by atoms with E-state index in [1.807, 2.05) is 16.3 Å². The highest BCUT2D eigenvalue weighted by Crippen LogP contribution is 2.03. The molecule has 0 heterocycles. The second-order valence-corrected chi connectivity index (χ2v) is 2.69. The molecule has 6 heavy (non-hydrogen) atoms. The summed E-state index contributed by atoms with van der Waals surface area (Å²) in [4.78, 5) is 0. The van der Waals surface area contributed by atoms with Crippen LogP contribution in [0.25, 0.3) is 0 Å². The zero-order valence-electron chi connectivity index (χ0n) is 4.41. The fourth-order valence-corrected chi connectivity index (χ4v) is 0.552. The number of hydrogen-bond acceptors (Lipinski definition) is 1. The first-order chi connectivity index (χ1) is 2.77. The van der Waals surface area contributed by atoms with E-state index in [1.165, 1.54) is 5.66 Å². The Morgan fingerprint density at radius 3 is 2.33 bits per heavy atom. The third kappa shape index (κ3) is 4.39. The summed E-state index contributed by atoms with van der Waals surface area (Å²) in [5.74, 6) is 0. The first kappa shape index (κ1) is 6.39. The lowest BCUT2D eigenvalue weighted by atomic mass is 10.5. The van der Waals surface area contributed by atoms with Gasteiger partial charge in [0, 0.05) is 0 Å². The van der Waals surface area contributed by atoms with Crippen molar-refractivity contribution >= 4 is 9.24 Å². The van der Waals surface area contributed by atoms with Crippen LogP contribution in [0.4, 0.5) is 0 Å². The number of hydrogen-bond donors (Lipinski definition) is 1. The number of rotatable bonds is 2. The summed E-state index contributed by atoms with van der Waals surface area (Å²) >= 11 is 0. The van der Waals surface area contributed by atoms with Crippen LogP contribution in [0.1, 0.15) is 6.92 Å². The molecule has 1 N–H and O–H groups in total. The minimum atomic E-state index is 1.05. The van der Waals surface area contributed by atoms with Crippen molar-refractivity contribution in [2.24, 2.45) is 0 Å². The maximum absolute atomic E-state index is 3.04. The molecule has 0 saturated carbocycles. The second-order valence-electron chi connectivity index (χ2n) is 1.49. The van der Waals surface area contributed by atoms with Crippen LogP contribution in [0.15, 0.2) is 0 Å². The van der Waals surface area contributed by atoms with E-state index in [9.17, 15) is 0 Å². The van der Waals surface area contributed by atoms with Gasteiger partial charge in [-0.1, -0.05) is 6.54 Å². The van der Waals surface area contributed by atoms with Crippen LogP contribution in [0, 0.1) is 5.66 Å². The van der Waals surface area contributed by atoms with Gasteiger partial charge in [-0.15, -0.1) is 5.66 Å². The van der Waals surface area contributed by atoms with Crippen molar-refractivity contribution in [2.75, 3.05) is 13.6 Å². The van der Waals surface area contributed by atoms with Crippen LogP contribution in [-0.4, -0.2) is 13.6 Å². The Balaban J connectivity index is 2.63. The predicted molar refractivity (Wildman–Crippen MR) is 33.9 cm³/mol. The van der Waals surface area contributed by atoms with E-state index in [2.05, 4.69) is 12.2 Å². The molecule has 0 bridgehead atoms. The van der Waals surface area contributed by atoms with Gasteiger partial charge >= 0.3 is 0 Å². The van der Waals surface area contributed by atoms with E-state index < -0.39 is 0 Å². The molecule has 0 rings (SSSR count). The van der Waals surface area contributed by atoms with Gasteiger partial charge in [0.25, 0.3) is 0 Å². The van der Waals surface area contributed by atoms with Crippen LogP contribution in [0.2, 0.25) is 0 Å². The molecule has 0 aromatic heterocycles. The monoisotopic (exact) mass is 105 g/mol. The van der Waals surface area contributed by atoms with Gasteiger partial charge in [-0.25, -0.2) is 0 Å². The Kier molecular flexibility index (Phi) is 3.81. The molecule has 0 aromatic rings. The lowest BCUT2D eigenvalue weighted by Crippen LogP contribution is -2.09. The summed E-state index contributed by atoms with van der Waals surface area (Å²) in [6.45, 7) is 3.17. The van der Waals surface area contributed by atoms with Crippen molar-refractivity contribution < 1.29 is 0 Å². The van der Waals surface area contributed by atoms with Crippen molar-refractivity contribution in [1.82, 2.24) is 5.32 Å². The third-order valence-electron chi connectivity index (χ3n) is 0.479. The predicted octanol–water partition coefficient (Wildman–Crippen LogP) is 0.365. The second kappa shape index (κ2) is 3.58. The molecule has 0 amide bonds. The quantitative estimate of drug-likeness (QED) is 0.395. The zero-order valence-corrected chi connectivity index (χ0v) is 5.83. The van der Waals surface area contributed by atoms with E-state index >= 15 is 0 Å². The Hall–Kier alpha value is 0.390. The van der Waals surface area contributed by atoms with E-state index in [-0.39, 0.29) is 0 Å². The van der Waals surface area contributed by atoms with Crippen LogP contribution in [0.5, 0.6) is 0 Å². The van der Waals surface area contributed by atoms with Crippen molar-refractivity contribution in [1.29, 1.82) is 0 Å². The van der Waals surface area contributed by atoms with Gasteiger partial charge in [0.05, 0.1) is 0 Å². The van der Waals surface area contributed by atoms with Crippen LogP contribution in [-0.2, 0) is 0 Å². The highest BCUT2D eigenvalue weighted by atomic mass is 31.0. The average Bonchev–Trinajstić information content (AvgIpc) is 1.35. The van der Waals surface area contributed by atoms with Crippen molar-refractivity contribution in [3.8, 4) is 0 Å². The molecule has 0 radical (unpaired) electrons. The summed E-state index contributed by atoms with van der Waals surface area (Å²) in [5, 5.41) is 3.04. The molecule has 0 spiro atoms. The van der Waals surface area contributed by atoms with E-state index in [4.69, 9.17) is 0 Å². The molecular formula is C4H12NP. The Labute approximate surface area is 41.7 Å². The molecule has 1 atom stereocenters. The molecule has 0 aromatic carbocycles. The third-order valence-corrected chi connectivity index (χ3v) is 0.729. The summed E-state index contributed by atoms with van der Waals surface area (Å²) in [7, 11) is 3.89. The largest absolute Gasteiger partial charge is 0.346 e. The van der Waals surface area contributed by atoms with Crippen molar-refractivity contribution in [3.05, 3.63) is 5.66 Å². The highest BCUT2D eigenvalue weighted by Gasteiger charge is 1.75. The maximum Gasteiger partial charge on any atom is -0.0192 e. The molecule has 0 aliphatic carbocycles. The van der Waals surface area contributed by atoms with Crippen molar-refractivity contribution in [2.45, 2.75) is 6.92 Å².